The Kier molecular flexibility index (Phi) is 4.56. The molecule has 3 aliphatic rings. The van der Waals surface area contributed by atoms with E-state index in [0.717, 1.165) is 75.1 Å². The van der Waals surface area contributed by atoms with E-state index < -0.39 is 0 Å². The number of nitrogens with two attached hydrogens (primary N) is 1. The standard InChI is InChI=1S/C19H27N3O3/c1-23-16-12-14-15(21-18(20)19(14)4-2-5-19)13-17(16)25-9-3-6-22-7-10-24-11-8-22/h12-13H,2-11H2,1H3,(H2,20,21). The summed E-state index contributed by atoms with van der Waals surface area (Å²) in [5.41, 5.74) is 8.33. The molecule has 6 nitrogen and oxygen atoms in total. The number of benzene rings is 1. The van der Waals surface area contributed by atoms with Gasteiger partial charge in [0, 0.05) is 25.7 Å². The lowest BCUT2D eigenvalue weighted by Crippen LogP contribution is -2.44. The fourth-order valence-electron chi connectivity index (χ4n) is 4.02. The summed E-state index contributed by atoms with van der Waals surface area (Å²) in [5.74, 6) is 2.29. The monoisotopic (exact) mass is 345 g/mol. The van der Waals surface area contributed by atoms with Crippen LogP contribution < -0.4 is 15.2 Å². The maximum Gasteiger partial charge on any atom is 0.163 e. The van der Waals surface area contributed by atoms with Crippen LogP contribution >= 0.6 is 0 Å². The van der Waals surface area contributed by atoms with Crippen LogP contribution in [-0.2, 0) is 10.2 Å². The maximum atomic E-state index is 6.22. The van der Waals surface area contributed by atoms with Crippen molar-refractivity contribution in [3.63, 3.8) is 0 Å². The lowest BCUT2D eigenvalue weighted by molar-refractivity contribution is 0.0357. The van der Waals surface area contributed by atoms with Crippen molar-refractivity contribution in [1.82, 2.24) is 4.90 Å². The Balaban J connectivity index is 1.41. The highest BCUT2D eigenvalue weighted by atomic mass is 16.5. The number of methoxy groups -OCH3 is 1. The zero-order chi connectivity index (χ0) is 17.3. The van der Waals surface area contributed by atoms with Crippen molar-refractivity contribution < 1.29 is 14.2 Å². The number of hydrogen-bond donors (Lipinski definition) is 1. The van der Waals surface area contributed by atoms with Crippen molar-refractivity contribution in [2.45, 2.75) is 31.1 Å². The molecule has 0 amide bonds. The molecular formula is C19H27N3O3. The molecule has 1 aromatic rings. The number of aliphatic imine (C=N–C) groups is 1. The minimum absolute atomic E-state index is 0.0442. The van der Waals surface area contributed by atoms with E-state index in [2.05, 4.69) is 16.0 Å². The fourth-order valence-corrected chi connectivity index (χ4v) is 4.02. The van der Waals surface area contributed by atoms with Crippen molar-refractivity contribution in [2.24, 2.45) is 10.7 Å². The van der Waals surface area contributed by atoms with Crippen LogP contribution in [0.25, 0.3) is 0 Å². The number of morpholine rings is 1. The van der Waals surface area contributed by atoms with E-state index >= 15 is 0 Å². The van der Waals surface area contributed by atoms with Gasteiger partial charge in [0.15, 0.2) is 11.5 Å². The number of nitrogens with zero attached hydrogens (tertiary/aromatic N) is 2. The molecule has 0 radical (unpaired) electrons. The van der Waals surface area contributed by atoms with Crippen molar-refractivity contribution in [2.75, 3.05) is 46.6 Å². The first-order valence-corrected chi connectivity index (χ1v) is 9.23. The molecule has 1 spiro atoms. The zero-order valence-corrected chi connectivity index (χ0v) is 14.9. The molecule has 2 aliphatic heterocycles. The Morgan fingerprint density at radius 3 is 2.72 bits per heavy atom. The van der Waals surface area contributed by atoms with Crippen molar-refractivity contribution >= 4 is 11.5 Å². The lowest BCUT2D eigenvalue weighted by atomic mass is 9.64. The minimum Gasteiger partial charge on any atom is -0.493 e. The zero-order valence-electron chi connectivity index (χ0n) is 14.9. The first-order valence-electron chi connectivity index (χ1n) is 9.23. The number of amidine groups is 1. The van der Waals surface area contributed by atoms with E-state index in [4.69, 9.17) is 19.9 Å². The van der Waals surface area contributed by atoms with Crippen LogP contribution in [0.15, 0.2) is 17.1 Å². The van der Waals surface area contributed by atoms with Gasteiger partial charge in [-0.05, 0) is 30.9 Å². The van der Waals surface area contributed by atoms with E-state index in [1.165, 1.54) is 12.0 Å². The molecule has 1 aromatic carbocycles. The molecule has 2 heterocycles. The van der Waals surface area contributed by atoms with Gasteiger partial charge in [-0.15, -0.1) is 0 Å². The SMILES string of the molecule is COc1cc2c(cc1OCCCN1CCOCC1)N=C(N)C21CCC1. The summed E-state index contributed by atoms with van der Waals surface area (Å²) in [4.78, 5) is 7.02. The second-order valence-corrected chi connectivity index (χ2v) is 7.11. The molecule has 25 heavy (non-hydrogen) atoms. The molecule has 2 fully saturated rings. The fraction of sp³-hybridized carbons (Fsp3) is 0.632. The van der Waals surface area contributed by atoms with Crippen LogP contribution in [0, 0.1) is 0 Å². The number of hydrogen-bond acceptors (Lipinski definition) is 6. The summed E-state index contributed by atoms with van der Waals surface area (Å²) in [6.07, 6.45) is 4.35. The third kappa shape index (κ3) is 2.98. The topological polar surface area (TPSA) is 69.3 Å². The van der Waals surface area contributed by atoms with Crippen LogP contribution in [0.1, 0.15) is 31.2 Å². The molecule has 1 aliphatic carbocycles. The normalized spacial score (nSPS) is 21.6. The molecule has 1 saturated carbocycles. The van der Waals surface area contributed by atoms with Crippen LogP contribution in [-0.4, -0.2) is 57.3 Å². The highest BCUT2D eigenvalue weighted by molar-refractivity contribution is 6.00. The Labute approximate surface area is 148 Å². The minimum atomic E-state index is -0.0442. The average molecular weight is 345 g/mol. The number of fused-ring (bicyclic) bond motifs is 2. The Morgan fingerprint density at radius 2 is 2.04 bits per heavy atom. The molecule has 0 aromatic heterocycles. The second-order valence-electron chi connectivity index (χ2n) is 7.11. The van der Waals surface area contributed by atoms with Gasteiger partial charge < -0.3 is 19.9 Å². The van der Waals surface area contributed by atoms with E-state index in [0.29, 0.717) is 6.61 Å². The highest BCUT2D eigenvalue weighted by Crippen LogP contribution is 2.53. The Hall–Kier alpha value is -1.79. The van der Waals surface area contributed by atoms with Gasteiger partial charge in [0.25, 0.3) is 0 Å². The van der Waals surface area contributed by atoms with Gasteiger partial charge in [-0.2, -0.15) is 0 Å². The quantitative estimate of drug-likeness (QED) is 0.801. The first kappa shape index (κ1) is 16.7. The summed E-state index contributed by atoms with van der Waals surface area (Å²) in [6.45, 7) is 5.39. The molecular weight excluding hydrogens is 318 g/mol. The van der Waals surface area contributed by atoms with Gasteiger partial charge in [0.05, 0.1) is 38.0 Å². The van der Waals surface area contributed by atoms with Gasteiger partial charge in [-0.3, -0.25) is 4.90 Å². The molecule has 1 saturated heterocycles. The summed E-state index contributed by atoms with van der Waals surface area (Å²) in [6, 6.07) is 4.07. The molecule has 0 unspecified atom stereocenters. The molecule has 0 bridgehead atoms. The van der Waals surface area contributed by atoms with Gasteiger partial charge in [0.1, 0.15) is 5.84 Å². The maximum absolute atomic E-state index is 6.22. The van der Waals surface area contributed by atoms with Crippen molar-refractivity contribution in [1.29, 1.82) is 0 Å². The van der Waals surface area contributed by atoms with Crippen molar-refractivity contribution in [3.8, 4) is 11.5 Å². The summed E-state index contributed by atoms with van der Waals surface area (Å²) in [7, 11) is 1.69. The van der Waals surface area contributed by atoms with Gasteiger partial charge in [0.2, 0.25) is 0 Å². The number of rotatable bonds is 6. The van der Waals surface area contributed by atoms with E-state index in [1.807, 2.05) is 6.07 Å². The summed E-state index contributed by atoms with van der Waals surface area (Å²) in [5, 5.41) is 0. The Morgan fingerprint density at radius 1 is 1.24 bits per heavy atom. The highest BCUT2D eigenvalue weighted by Gasteiger charge is 2.47. The molecule has 0 atom stereocenters. The van der Waals surface area contributed by atoms with E-state index in [1.54, 1.807) is 7.11 Å². The number of ether oxygens (including phenoxy) is 3. The summed E-state index contributed by atoms with van der Waals surface area (Å²) >= 11 is 0. The van der Waals surface area contributed by atoms with Gasteiger partial charge in [-0.1, -0.05) is 6.42 Å². The molecule has 4 rings (SSSR count). The van der Waals surface area contributed by atoms with Crippen molar-refractivity contribution in [3.05, 3.63) is 17.7 Å². The predicted octanol–water partition coefficient (Wildman–Crippen LogP) is 2.22. The average Bonchev–Trinajstić information content (AvgIpc) is 2.89. The molecule has 2 N–H and O–H groups in total. The van der Waals surface area contributed by atoms with E-state index in [9.17, 15) is 0 Å². The van der Waals surface area contributed by atoms with Crippen LogP contribution in [0.4, 0.5) is 5.69 Å². The predicted molar refractivity (Wildman–Crippen MR) is 97.2 cm³/mol. The summed E-state index contributed by atoms with van der Waals surface area (Å²) < 4.78 is 17.0. The smallest absolute Gasteiger partial charge is 0.163 e. The molecule has 6 heteroatoms. The molecule has 136 valence electrons. The van der Waals surface area contributed by atoms with Crippen LogP contribution in [0.2, 0.25) is 0 Å². The van der Waals surface area contributed by atoms with Crippen LogP contribution in [0.5, 0.6) is 11.5 Å². The van der Waals surface area contributed by atoms with Gasteiger partial charge in [-0.25, -0.2) is 4.99 Å². The third-order valence-corrected chi connectivity index (χ3v) is 5.72. The van der Waals surface area contributed by atoms with E-state index in [-0.39, 0.29) is 5.41 Å². The Bertz CT molecular complexity index is 664. The van der Waals surface area contributed by atoms with Gasteiger partial charge >= 0.3 is 0 Å². The second kappa shape index (κ2) is 6.84. The largest absolute Gasteiger partial charge is 0.493 e. The lowest BCUT2D eigenvalue weighted by Gasteiger charge is -2.38. The third-order valence-electron chi connectivity index (χ3n) is 5.72. The first-order chi connectivity index (χ1) is 12.2. The van der Waals surface area contributed by atoms with Crippen LogP contribution in [0.3, 0.4) is 0 Å².